The van der Waals surface area contributed by atoms with Crippen molar-refractivity contribution < 1.29 is 0 Å². The molecule has 48 valence electrons. The molecule has 0 radical (unpaired) electrons. The SMILES string of the molecule is [Cl][Ga]([Cl])[Cl].[Cl][Ga]([Cl])[Cl]. The van der Waals surface area contributed by atoms with E-state index >= 15 is 0 Å². The maximum absolute atomic E-state index is 4.99. The second-order valence-electron chi connectivity index (χ2n) is 0.495. The molecule has 0 unspecified atom stereocenters. The molecule has 0 nitrogen and oxygen atoms in total. The van der Waals surface area contributed by atoms with Crippen LogP contribution >= 0.6 is 57.8 Å². The van der Waals surface area contributed by atoms with Crippen LogP contribution in [0.25, 0.3) is 0 Å². The van der Waals surface area contributed by atoms with Crippen LogP contribution in [-0.4, -0.2) is 26.4 Å². The summed E-state index contributed by atoms with van der Waals surface area (Å²) < 4.78 is 0. The van der Waals surface area contributed by atoms with Gasteiger partial charge in [0.15, 0.2) is 0 Å². The summed E-state index contributed by atoms with van der Waals surface area (Å²) in [4.78, 5) is 0. The number of hydrogen-bond acceptors (Lipinski definition) is 0. The molecule has 0 atom stereocenters. The summed E-state index contributed by atoms with van der Waals surface area (Å²) in [5, 5.41) is 0. The molecule has 0 spiro atoms. The number of rotatable bonds is 0. The Morgan fingerprint density at radius 3 is 0.500 bits per heavy atom. The van der Waals surface area contributed by atoms with Crippen LogP contribution in [0, 0.1) is 0 Å². The van der Waals surface area contributed by atoms with E-state index in [0.29, 0.717) is 0 Å². The third-order valence-corrected chi connectivity index (χ3v) is 0. The predicted octanol–water partition coefficient (Wildman–Crippen LogP) is 3.38. The molecule has 0 rings (SSSR count). The first-order valence-electron chi connectivity index (χ1n) is 1.31. The first-order valence-corrected chi connectivity index (χ1v) is 20.4. The minimum atomic E-state index is -2.06. The van der Waals surface area contributed by atoms with Crippen LogP contribution in [0.1, 0.15) is 0 Å². The molecule has 0 aliphatic carbocycles. The van der Waals surface area contributed by atoms with Crippen molar-refractivity contribution in [2.75, 3.05) is 0 Å². The van der Waals surface area contributed by atoms with Crippen LogP contribution < -0.4 is 0 Å². The van der Waals surface area contributed by atoms with Gasteiger partial charge in [0.25, 0.3) is 0 Å². The van der Waals surface area contributed by atoms with Gasteiger partial charge in [-0.3, -0.25) is 0 Å². The summed E-state index contributed by atoms with van der Waals surface area (Å²) >= 11 is -4.12. The Labute approximate surface area is 82.9 Å². The monoisotopic (exact) mass is 348 g/mol. The van der Waals surface area contributed by atoms with E-state index in [1.807, 2.05) is 0 Å². The Bertz CT molecular complexity index is 22.0. The molecule has 0 aliphatic heterocycles. The normalized spacial score (nSPS) is 6.75. The van der Waals surface area contributed by atoms with E-state index in [-0.39, 0.29) is 0 Å². The Morgan fingerprint density at radius 1 is 0.500 bits per heavy atom. The van der Waals surface area contributed by atoms with Crippen LogP contribution in [0.5, 0.6) is 0 Å². The first kappa shape index (κ1) is 13.6. The topological polar surface area (TPSA) is 0 Å². The molecule has 0 aromatic heterocycles. The molecular formula is Cl6Ga2. The van der Waals surface area contributed by atoms with Gasteiger partial charge < -0.3 is 0 Å². The standard InChI is InChI=1S/6ClH.2Ga/h6*1H;;/q;;;;;;2*+3/p-6. The Morgan fingerprint density at radius 2 is 0.500 bits per heavy atom. The molecule has 0 aromatic carbocycles. The van der Waals surface area contributed by atoms with Gasteiger partial charge in [0.1, 0.15) is 0 Å². The van der Waals surface area contributed by atoms with Gasteiger partial charge in [-0.25, -0.2) is 0 Å². The average molecular weight is 352 g/mol. The van der Waals surface area contributed by atoms with Crippen molar-refractivity contribution in [1.82, 2.24) is 0 Å². The summed E-state index contributed by atoms with van der Waals surface area (Å²) in [5.74, 6) is 0. The van der Waals surface area contributed by atoms with E-state index < -0.39 is 26.4 Å². The second kappa shape index (κ2) is 10.0. The fraction of sp³-hybridized carbons (Fsp3) is 0. The van der Waals surface area contributed by atoms with E-state index in [4.69, 9.17) is 57.8 Å². The molecule has 0 heterocycles. The third-order valence-electron chi connectivity index (χ3n) is 0. The number of halogens is 6. The van der Waals surface area contributed by atoms with E-state index in [1.54, 1.807) is 0 Å². The van der Waals surface area contributed by atoms with Gasteiger partial charge in [0, 0.05) is 0 Å². The van der Waals surface area contributed by atoms with Gasteiger partial charge in [-0.1, -0.05) is 0 Å². The van der Waals surface area contributed by atoms with E-state index in [0.717, 1.165) is 0 Å². The summed E-state index contributed by atoms with van der Waals surface area (Å²) in [6, 6.07) is 0. The summed E-state index contributed by atoms with van der Waals surface area (Å²) in [6.45, 7) is 0. The molecule has 0 saturated carbocycles. The summed E-state index contributed by atoms with van der Waals surface area (Å²) in [7, 11) is 30.0. The Kier molecular flexibility index (Phi) is 17.0. The van der Waals surface area contributed by atoms with Crippen molar-refractivity contribution >= 4 is 84.3 Å². The van der Waals surface area contributed by atoms with E-state index in [9.17, 15) is 0 Å². The predicted molar refractivity (Wildman–Crippen MR) is 46.6 cm³/mol. The first-order chi connectivity index (χ1) is 3.46. The zero-order valence-corrected chi connectivity index (χ0v) is 12.8. The second-order valence-corrected chi connectivity index (χ2v) is 23.1. The Hall–Kier alpha value is 3.01. The van der Waals surface area contributed by atoms with Crippen molar-refractivity contribution in [1.29, 1.82) is 0 Å². The zero-order valence-electron chi connectivity index (χ0n) is 3.42. The van der Waals surface area contributed by atoms with Gasteiger partial charge in [0.05, 0.1) is 0 Å². The van der Waals surface area contributed by atoms with Gasteiger partial charge >= 0.3 is 84.3 Å². The van der Waals surface area contributed by atoms with Crippen molar-refractivity contribution in [2.24, 2.45) is 0 Å². The fourth-order valence-corrected chi connectivity index (χ4v) is 0. The van der Waals surface area contributed by atoms with E-state index in [2.05, 4.69) is 0 Å². The average Bonchev–Trinajstić information content (AvgIpc) is 1.25. The molecule has 0 aliphatic rings. The van der Waals surface area contributed by atoms with Crippen LogP contribution in [0.4, 0.5) is 0 Å². The number of hydrogen-bond donors (Lipinski definition) is 0. The molecular weight excluding hydrogens is 352 g/mol. The molecule has 8 heteroatoms. The van der Waals surface area contributed by atoms with Gasteiger partial charge in [-0.15, -0.1) is 0 Å². The van der Waals surface area contributed by atoms with Crippen molar-refractivity contribution in [2.45, 2.75) is 0 Å². The molecule has 8 heavy (non-hydrogen) atoms. The quantitative estimate of drug-likeness (QED) is 0.587. The minimum absolute atomic E-state index is 2.06. The van der Waals surface area contributed by atoms with Crippen LogP contribution in [0.3, 0.4) is 0 Å². The van der Waals surface area contributed by atoms with E-state index in [1.165, 1.54) is 0 Å². The molecule has 0 amide bonds. The summed E-state index contributed by atoms with van der Waals surface area (Å²) in [5.41, 5.74) is 0. The van der Waals surface area contributed by atoms with Crippen molar-refractivity contribution in [3.8, 4) is 0 Å². The maximum atomic E-state index is 4.99. The molecule has 0 aromatic rings. The van der Waals surface area contributed by atoms with Gasteiger partial charge in [-0.05, 0) is 0 Å². The molecule has 0 bridgehead atoms. The van der Waals surface area contributed by atoms with Gasteiger partial charge in [-0.2, -0.15) is 0 Å². The van der Waals surface area contributed by atoms with Gasteiger partial charge in [0.2, 0.25) is 0 Å². The van der Waals surface area contributed by atoms with Crippen molar-refractivity contribution in [3.05, 3.63) is 0 Å². The van der Waals surface area contributed by atoms with Crippen LogP contribution in [0.2, 0.25) is 0 Å². The van der Waals surface area contributed by atoms with Crippen LogP contribution in [-0.2, 0) is 0 Å². The van der Waals surface area contributed by atoms with Crippen LogP contribution in [0.15, 0.2) is 0 Å². The zero-order chi connectivity index (χ0) is 7.15. The third kappa shape index (κ3) is 63.8. The fourth-order valence-electron chi connectivity index (χ4n) is 0. The molecule has 0 saturated heterocycles. The molecule has 0 fully saturated rings. The van der Waals surface area contributed by atoms with Crippen molar-refractivity contribution in [3.63, 3.8) is 0 Å². The molecule has 0 N–H and O–H groups in total. The summed E-state index contributed by atoms with van der Waals surface area (Å²) in [6.07, 6.45) is 0. The Balaban J connectivity index is 0.